The molecule has 1 fully saturated rings. The van der Waals surface area contributed by atoms with E-state index in [-0.39, 0.29) is 0 Å². The van der Waals surface area contributed by atoms with E-state index in [1.807, 2.05) is 11.3 Å². The van der Waals surface area contributed by atoms with Crippen molar-refractivity contribution >= 4 is 16.9 Å². The highest BCUT2D eigenvalue weighted by Gasteiger charge is 2.29. The summed E-state index contributed by atoms with van der Waals surface area (Å²) in [5.41, 5.74) is 4.89. The lowest BCUT2D eigenvalue weighted by Gasteiger charge is -2.30. The zero-order chi connectivity index (χ0) is 18.7. The second kappa shape index (κ2) is 8.89. The van der Waals surface area contributed by atoms with E-state index in [9.17, 15) is 0 Å². The number of hydrogen-bond donors (Lipinski definition) is 0. The van der Waals surface area contributed by atoms with Crippen LogP contribution in [0.1, 0.15) is 76.2 Å². The number of rotatable bonds is 1. The van der Waals surface area contributed by atoms with Crippen molar-refractivity contribution in [1.29, 1.82) is 0 Å². The summed E-state index contributed by atoms with van der Waals surface area (Å²) in [5, 5.41) is 2.33. The summed E-state index contributed by atoms with van der Waals surface area (Å²) in [6.45, 7) is 12.2. The minimum atomic E-state index is 0.547. The Balaban J connectivity index is 2.06. The molecule has 0 radical (unpaired) electrons. The van der Waals surface area contributed by atoms with Crippen LogP contribution in [-0.4, -0.2) is 25.0 Å². The van der Waals surface area contributed by atoms with E-state index < -0.39 is 0 Å². The van der Waals surface area contributed by atoms with E-state index in [4.69, 9.17) is 0 Å². The second-order valence-corrected chi connectivity index (χ2v) is 9.77. The zero-order valence-electron chi connectivity index (χ0n) is 17.4. The van der Waals surface area contributed by atoms with Crippen molar-refractivity contribution in [2.45, 2.75) is 65.7 Å². The number of fused-ring (bicyclic) bond motifs is 1. The third-order valence-corrected chi connectivity index (χ3v) is 7.93. The van der Waals surface area contributed by atoms with Crippen molar-refractivity contribution < 1.29 is 0 Å². The molecule has 1 aliphatic carbocycles. The average Bonchev–Trinajstić information content (AvgIpc) is 3.12. The Hall–Kier alpha value is -0.860. The predicted molar refractivity (Wildman–Crippen MR) is 117 cm³/mol. The van der Waals surface area contributed by atoms with Crippen LogP contribution in [0.5, 0.6) is 0 Å². The van der Waals surface area contributed by atoms with Gasteiger partial charge in [-0.25, -0.2) is 0 Å². The first kappa shape index (κ1) is 19.9. The molecule has 0 amide bonds. The Morgan fingerprint density at radius 2 is 1.88 bits per heavy atom. The van der Waals surface area contributed by atoms with Crippen LogP contribution in [0.3, 0.4) is 0 Å². The van der Waals surface area contributed by atoms with E-state index >= 15 is 0 Å². The van der Waals surface area contributed by atoms with Gasteiger partial charge in [-0.15, -0.1) is 11.3 Å². The third kappa shape index (κ3) is 4.34. The minimum absolute atomic E-state index is 0.547. The van der Waals surface area contributed by atoms with Crippen LogP contribution in [0.25, 0.3) is 5.57 Å². The van der Waals surface area contributed by atoms with Crippen molar-refractivity contribution in [2.75, 3.05) is 20.1 Å². The Morgan fingerprint density at radius 3 is 2.69 bits per heavy atom. The van der Waals surface area contributed by atoms with Crippen molar-refractivity contribution in [3.05, 3.63) is 39.6 Å². The van der Waals surface area contributed by atoms with Gasteiger partial charge in [-0.05, 0) is 99.0 Å². The highest BCUT2D eigenvalue weighted by atomic mass is 32.1. The van der Waals surface area contributed by atoms with Crippen molar-refractivity contribution in [1.82, 2.24) is 4.90 Å². The molecule has 2 aliphatic rings. The fourth-order valence-corrected chi connectivity index (χ4v) is 5.79. The summed E-state index contributed by atoms with van der Waals surface area (Å²) < 4.78 is 0. The number of hydrogen-bond acceptors (Lipinski definition) is 2. The predicted octanol–water partition coefficient (Wildman–Crippen LogP) is 6.98. The maximum absolute atomic E-state index is 2.53. The smallest absolute Gasteiger partial charge is 0.0152 e. The van der Waals surface area contributed by atoms with Gasteiger partial charge in [-0.1, -0.05) is 44.9 Å². The minimum Gasteiger partial charge on any atom is -0.306 e. The van der Waals surface area contributed by atoms with E-state index in [0.717, 1.165) is 5.92 Å². The average molecular weight is 372 g/mol. The maximum atomic E-state index is 2.53. The van der Waals surface area contributed by atoms with Gasteiger partial charge in [0, 0.05) is 4.88 Å². The van der Waals surface area contributed by atoms with Gasteiger partial charge in [0.2, 0.25) is 0 Å². The van der Waals surface area contributed by atoms with Gasteiger partial charge in [0.1, 0.15) is 0 Å². The van der Waals surface area contributed by atoms with E-state index in [1.54, 1.807) is 21.6 Å². The third-order valence-electron chi connectivity index (χ3n) is 6.78. The molecular weight excluding hydrogens is 334 g/mol. The molecule has 1 aromatic rings. The van der Waals surface area contributed by atoms with E-state index in [0.29, 0.717) is 17.8 Å². The highest BCUT2D eigenvalue weighted by Crippen LogP contribution is 2.45. The van der Waals surface area contributed by atoms with Crippen LogP contribution < -0.4 is 0 Å². The van der Waals surface area contributed by atoms with Crippen molar-refractivity contribution in [3.8, 4) is 0 Å². The molecule has 0 N–H and O–H groups in total. The molecule has 0 spiro atoms. The maximum Gasteiger partial charge on any atom is 0.0152 e. The topological polar surface area (TPSA) is 3.24 Å². The van der Waals surface area contributed by atoms with Crippen molar-refractivity contribution in [2.24, 2.45) is 17.8 Å². The molecule has 1 aromatic heterocycles. The molecule has 0 bridgehead atoms. The van der Waals surface area contributed by atoms with Crippen LogP contribution in [0, 0.1) is 17.8 Å². The lowest BCUT2D eigenvalue weighted by atomic mass is 9.75. The van der Waals surface area contributed by atoms with Crippen LogP contribution in [-0.2, 0) is 0 Å². The van der Waals surface area contributed by atoms with Gasteiger partial charge in [0.15, 0.2) is 0 Å². The number of thiophene rings is 1. The lowest BCUT2D eigenvalue weighted by Crippen LogP contribution is -2.23. The van der Waals surface area contributed by atoms with Crippen LogP contribution in [0.15, 0.2) is 29.2 Å². The molecule has 26 heavy (non-hydrogen) atoms. The molecule has 2 heterocycles. The summed E-state index contributed by atoms with van der Waals surface area (Å²) >= 11 is 1.98. The highest BCUT2D eigenvalue weighted by molar-refractivity contribution is 7.10. The lowest BCUT2D eigenvalue weighted by molar-refractivity contribution is 0.301. The molecule has 2 heteroatoms. The molecule has 4 atom stereocenters. The molecule has 1 saturated heterocycles. The van der Waals surface area contributed by atoms with Crippen molar-refractivity contribution in [3.63, 3.8) is 0 Å². The Bertz CT molecular complexity index is 653. The summed E-state index contributed by atoms with van der Waals surface area (Å²) in [6.07, 6.45) is 11.4. The molecule has 1 nitrogen and oxygen atoms in total. The summed E-state index contributed by atoms with van der Waals surface area (Å²) in [4.78, 5) is 4.15. The fraction of sp³-hybridized carbons (Fsp3) is 0.667. The van der Waals surface area contributed by atoms with Gasteiger partial charge in [0.25, 0.3) is 0 Å². The molecule has 1 aliphatic heterocycles. The fourth-order valence-electron chi connectivity index (χ4n) is 4.81. The normalized spacial score (nSPS) is 32.0. The summed E-state index contributed by atoms with van der Waals surface area (Å²) in [5.74, 6) is 2.63. The Kier molecular flexibility index (Phi) is 6.80. The summed E-state index contributed by atoms with van der Waals surface area (Å²) in [6, 6.07) is 2.43. The standard InChI is InChI=1S/C24H37NS/c1-17-9-8-10-19(3)24-22(13-16-26-24)23(20(17)4)21-11-6-7-14-25(5)15-12-18(21)2/h8-9,13,16-19,21H,6-7,10-12,14-15H2,1-5H3. The largest absolute Gasteiger partial charge is 0.306 e. The zero-order valence-corrected chi connectivity index (χ0v) is 18.2. The van der Waals surface area contributed by atoms with Crippen LogP contribution in [0.4, 0.5) is 0 Å². The monoisotopic (exact) mass is 371 g/mol. The van der Waals surface area contributed by atoms with Gasteiger partial charge in [-0.2, -0.15) is 0 Å². The number of nitrogens with zero attached hydrogens (tertiary/aromatic N) is 1. The molecule has 0 aromatic carbocycles. The SMILES string of the molecule is CC1=C(C2CCCCN(C)CCC2C)c2ccsc2C(C)CC=CC1C. The van der Waals surface area contributed by atoms with Gasteiger partial charge in [-0.3, -0.25) is 0 Å². The second-order valence-electron chi connectivity index (χ2n) is 8.82. The van der Waals surface area contributed by atoms with E-state index in [2.05, 4.69) is 63.2 Å². The first-order valence-electron chi connectivity index (χ1n) is 10.6. The Morgan fingerprint density at radius 1 is 1.08 bits per heavy atom. The van der Waals surface area contributed by atoms with E-state index in [1.165, 1.54) is 45.2 Å². The molecular formula is C24H37NS. The van der Waals surface area contributed by atoms with Gasteiger partial charge >= 0.3 is 0 Å². The Labute approximate surface area is 165 Å². The quantitative estimate of drug-likeness (QED) is 0.481. The molecule has 144 valence electrons. The van der Waals surface area contributed by atoms with Gasteiger partial charge in [0.05, 0.1) is 0 Å². The first-order valence-corrected chi connectivity index (χ1v) is 11.5. The van der Waals surface area contributed by atoms with Crippen LogP contribution >= 0.6 is 11.3 Å². The number of allylic oxidation sites excluding steroid dienone is 4. The summed E-state index contributed by atoms with van der Waals surface area (Å²) in [7, 11) is 2.29. The van der Waals surface area contributed by atoms with Crippen LogP contribution in [0.2, 0.25) is 0 Å². The molecule has 0 saturated carbocycles. The van der Waals surface area contributed by atoms with Gasteiger partial charge < -0.3 is 4.90 Å². The first-order chi connectivity index (χ1) is 12.5. The molecule has 4 unspecified atom stereocenters. The molecule has 3 rings (SSSR count).